The van der Waals surface area contributed by atoms with Crippen LogP contribution >= 0.6 is 0 Å². The Balaban J connectivity index is 4.49. The number of hydrogen-bond acceptors (Lipinski definition) is 4. The van der Waals surface area contributed by atoms with E-state index in [0.29, 0.717) is 0 Å². The Labute approximate surface area is 102 Å². The predicted octanol–water partition coefficient (Wildman–Crippen LogP) is 0.416. The van der Waals surface area contributed by atoms with Crippen LogP contribution in [-0.4, -0.2) is 42.4 Å². The summed E-state index contributed by atoms with van der Waals surface area (Å²) >= 11 is 0. The third-order valence-corrected chi connectivity index (χ3v) is 2.25. The van der Waals surface area contributed by atoms with Gasteiger partial charge in [-0.25, -0.2) is 0 Å². The molecule has 2 N–H and O–H groups in total. The number of nitrogens with zero attached hydrogens (tertiary/aromatic N) is 1. The molecular weight excluding hydrogens is 244 g/mol. The van der Waals surface area contributed by atoms with Gasteiger partial charge >= 0.3 is 0 Å². The molecule has 6 nitrogen and oxygen atoms in total. The molecule has 7 heteroatoms. The summed E-state index contributed by atoms with van der Waals surface area (Å²) in [5.41, 5.74) is -0.294. The van der Waals surface area contributed by atoms with Gasteiger partial charge in [-0.15, -0.1) is 0 Å². The lowest BCUT2D eigenvalue weighted by atomic mass is 10.1. The second-order valence-electron chi connectivity index (χ2n) is 4.41. The van der Waals surface area contributed by atoms with Crippen LogP contribution in [0.2, 0.25) is 0 Å². The first kappa shape index (κ1) is 15.8. The van der Waals surface area contributed by atoms with Crippen LogP contribution in [0.1, 0.15) is 20.8 Å². The van der Waals surface area contributed by atoms with Gasteiger partial charge in [-0.2, -0.15) is 8.42 Å². The second kappa shape index (κ2) is 5.92. The maximum Gasteiger partial charge on any atom is 0.269 e. The molecule has 0 aliphatic heterocycles. The molecule has 0 atom stereocenters. The van der Waals surface area contributed by atoms with Gasteiger partial charge in [-0.3, -0.25) is 14.3 Å². The van der Waals surface area contributed by atoms with Crippen molar-refractivity contribution < 1.29 is 17.8 Å². The molecule has 1 amide bonds. The number of rotatable bonds is 5. The van der Waals surface area contributed by atoms with Crippen molar-refractivity contribution in [3.8, 4) is 0 Å². The van der Waals surface area contributed by atoms with E-state index in [4.69, 9.17) is 4.55 Å². The Hall–Kier alpha value is -1.21. The normalized spacial score (nSPS) is 13.3. The van der Waals surface area contributed by atoms with Crippen molar-refractivity contribution in [1.29, 1.82) is 0 Å². The Morgan fingerprint density at radius 3 is 2.35 bits per heavy atom. The predicted molar refractivity (Wildman–Crippen MR) is 66.8 cm³/mol. The van der Waals surface area contributed by atoms with E-state index >= 15 is 0 Å². The van der Waals surface area contributed by atoms with Crippen LogP contribution in [0.5, 0.6) is 0 Å². The maximum atomic E-state index is 11.5. The van der Waals surface area contributed by atoms with E-state index in [-0.39, 0.29) is 12.3 Å². The van der Waals surface area contributed by atoms with E-state index < -0.39 is 27.3 Å². The summed E-state index contributed by atoms with van der Waals surface area (Å²) in [6.07, 6.45) is 1.30. The Morgan fingerprint density at radius 2 is 2.00 bits per heavy atom. The number of hydrogen-bond donors (Lipinski definition) is 2. The highest BCUT2D eigenvalue weighted by atomic mass is 32.2. The highest BCUT2D eigenvalue weighted by Crippen LogP contribution is 2.07. The summed E-state index contributed by atoms with van der Waals surface area (Å²) in [6, 6.07) is 0. The van der Waals surface area contributed by atoms with Crippen LogP contribution < -0.4 is 5.32 Å². The Kier molecular flexibility index (Phi) is 5.50. The molecule has 17 heavy (non-hydrogen) atoms. The largest absolute Gasteiger partial charge is 0.350 e. The summed E-state index contributed by atoms with van der Waals surface area (Å²) in [6.45, 7) is 8.76. The summed E-state index contributed by atoms with van der Waals surface area (Å²) in [4.78, 5) is 15.7. The molecule has 0 fully saturated rings. The Bertz CT molecular complexity index is 418. The van der Waals surface area contributed by atoms with Crippen LogP contribution in [-0.2, 0) is 14.9 Å². The lowest BCUT2D eigenvalue weighted by Gasteiger charge is -2.14. The van der Waals surface area contributed by atoms with Gasteiger partial charge in [0.05, 0.1) is 11.3 Å². The second-order valence-corrected chi connectivity index (χ2v) is 5.99. The van der Waals surface area contributed by atoms with Crippen molar-refractivity contribution in [2.24, 2.45) is 4.99 Å². The van der Waals surface area contributed by atoms with Gasteiger partial charge < -0.3 is 5.32 Å². The molecule has 0 aliphatic rings. The zero-order chi connectivity index (χ0) is 13.7. The highest BCUT2D eigenvalue weighted by molar-refractivity contribution is 7.85. The molecule has 0 rings (SSSR count). The van der Waals surface area contributed by atoms with Crippen LogP contribution in [0, 0.1) is 0 Å². The minimum absolute atomic E-state index is 0.132. The molecule has 0 bridgehead atoms. The molecule has 0 radical (unpaired) electrons. The molecule has 0 aromatic carbocycles. The fourth-order valence-corrected chi connectivity index (χ4v) is 1.29. The van der Waals surface area contributed by atoms with Crippen LogP contribution in [0.25, 0.3) is 0 Å². The molecule has 0 saturated heterocycles. The SMILES string of the molecule is C=CC(=NC(C)(C)C)C(=O)NCCS(=O)(=O)O. The summed E-state index contributed by atoms with van der Waals surface area (Å²) in [7, 11) is -4.07. The van der Waals surface area contributed by atoms with Crippen LogP contribution in [0.3, 0.4) is 0 Å². The standard InChI is InChI=1S/C10H18N2O4S/c1-5-8(12-10(2,3)4)9(13)11-6-7-17(14,15)16/h5H,1,6-7H2,2-4H3,(H,11,13)(H,14,15,16). The first-order valence-corrected chi connectivity index (χ1v) is 6.62. The van der Waals surface area contributed by atoms with E-state index in [2.05, 4.69) is 16.9 Å². The topological polar surface area (TPSA) is 95.8 Å². The molecule has 0 spiro atoms. The number of aliphatic imine (C=N–C) groups is 1. The molecule has 0 heterocycles. The lowest BCUT2D eigenvalue weighted by molar-refractivity contribution is -0.114. The summed E-state index contributed by atoms with van der Waals surface area (Å²) < 4.78 is 29.4. The zero-order valence-corrected chi connectivity index (χ0v) is 11.0. The monoisotopic (exact) mass is 262 g/mol. The van der Waals surface area contributed by atoms with Crippen molar-refractivity contribution in [1.82, 2.24) is 5.32 Å². The van der Waals surface area contributed by atoms with E-state index in [1.54, 1.807) is 0 Å². The first-order valence-electron chi connectivity index (χ1n) is 5.01. The quantitative estimate of drug-likeness (QED) is 0.554. The average molecular weight is 262 g/mol. The minimum Gasteiger partial charge on any atom is -0.350 e. The zero-order valence-electron chi connectivity index (χ0n) is 10.2. The molecule has 0 aromatic rings. The number of carbonyl (C=O) groups is 1. The average Bonchev–Trinajstić information content (AvgIpc) is 2.10. The molecule has 98 valence electrons. The fourth-order valence-electron chi connectivity index (χ4n) is 0.935. The van der Waals surface area contributed by atoms with Gasteiger partial charge in [0.15, 0.2) is 0 Å². The van der Waals surface area contributed by atoms with Gasteiger partial charge in [-0.05, 0) is 26.8 Å². The van der Waals surface area contributed by atoms with Gasteiger partial charge in [0.25, 0.3) is 16.0 Å². The summed E-state index contributed by atoms with van der Waals surface area (Å²) in [5, 5.41) is 2.33. The third kappa shape index (κ3) is 8.58. The smallest absolute Gasteiger partial charge is 0.269 e. The maximum absolute atomic E-state index is 11.5. The first-order chi connectivity index (χ1) is 7.55. The fraction of sp³-hybridized carbons (Fsp3) is 0.600. The van der Waals surface area contributed by atoms with Crippen molar-refractivity contribution in [2.75, 3.05) is 12.3 Å². The van der Waals surface area contributed by atoms with Crippen molar-refractivity contribution in [3.05, 3.63) is 12.7 Å². The number of carbonyl (C=O) groups excluding carboxylic acids is 1. The number of nitrogens with one attached hydrogen (secondary N) is 1. The Morgan fingerprint density at radius 1 is 1.47 bits per heavy atom. The van der Waals surface area contributed by atoms with Gasteiger partial charge in [0, 0.05) is 6.54 Å². The molecule has 0 aliphatic carbocycles. The minimum atomic E-state index is -4.07. The van der Waals surface area contributed by atoms with Crippen LogP contribution in [0.4, 0.5) is 0 Å². The van der Waals surface area contributed by atoms with E-state index in [9.17, 15) is 13.2 Å². The van der Waals surface area contributed by atoms with Crippen molar-refractivity contribution in [3.63, 3.8) is 0 Å². The van der Waals surface area contributed by atoms with E-state index in [1.165, 1.54) is 6.08 Å². The molecule has 0 unspecified atom stereocenters. The molecule has 0 aromatic heterocycles. The van der Waals surface area contributed by atoms with Gasteiger partial charge in [0.1, 0.15) is 5.71 Å². The number of amides is 1. The van der Waals surface area contributed by atoms with Crippen molar-refractivity contribution in [2.45, 2.75) is 26.3 Å². The van der Waals surface area contributed by atoms with Gasteiger partial charge in [0.2, 0.25) is 0 Å². The molecule has 0 saturated carbocycles. The van der Waals surface area contributed by atoms with Gasteiger partial charge in [-0.1, -0.05) is 6.58 Å². The van der Waals surface area contributed by atoms with Crippen LogP contribution in [0.15, 0.2) is 17.6 Å². The summed E-state index contributed by atoms with van der Waals surface area (Å²) in [5.74, 6) is -1.04. The van der Waals surface area contributed by atoms with E-state index in [0.717, 1.165) is 0 Å². The third-order valence-electron chi connectivity index (χ3n) is 1.53. The van der Waals surface area contributed by atoms with Crippen molar-refractivity contribution >= 4 is 21.7 Å². The molecular formula is C10H18N2O4S. The van der Waals surface area contributed by atoms with E-state index in [1.807, 2.05) is 20.8 Å². The lowest BCUT2D eigenvalue weighted by Crippen LogP contribution is -2.35. The highest BCUT2D eigenvalue weighted by Gasteiger charge is 2.14.